The fraction of sp³-hybridized carbons (Fsp3) is 0.294. The number of aryl methyl sites for hydroxylation is 1. The molecular weight excluding hydrogens is 304 g/mol. The summed E-state index contributed by atoms with van der Waals surface area (Å²) in [4.78, 5) is 26.7. The number of aromatic amines is 1. The predicted molar refractivity (Wildman–Crippen MR) is 87.0 cm³/mol. The number of nitrogens with one attached hydrogen (secondary N) is 1. The minimum atomic E-state index is -0.211. The second kappa shape index (κ2) is 5.92. The fourth-order valence-corrected chi connectivity index (χ4v) is 3.20. The van der Waals surface area contributed by atoms with E-state index in [0.29, 0.717) is 6.54 Å². The Morgan fingerprint density at radius 2 is 2.29 bits per heavy atom. The van der Waals surface area contributed by atoms with Crippen LogP contribution in [0.2, 0.25) is 0 Å². The van der Waals surface area contributed by atoms with Crippen LogP contribution in [0.1, 0.15) is 28.7 Å². The highest BCUT2D eigenvalue weighted by atomic mass is 16.2. The molecule has 4 rings (SSSR count). The Bertz CT molecular complexity index is 853. The quantitative estimate of drug-likeness (QED) is 0.792. The van der Waals surface area contributed by atoms with E-state index in [1.54, 1.807) is 29.6 Å². The van der Waals surface area contributed by atoms with Gasteiger partial charge in [0, 0.05) is 42.9 Å². The van der Waals surface area contributed by atoms with Crippen molar-refractivity contribution in [2.45, 2.75) is 25.9 Å². The minimum absolute atomic E-state index is 0.0318. The molecule has 0 aromatic carbocycles. The van der Waals surface area contributed by atoms with E-state index >= 15 is 0 Å². The Morgan fingerprint density at radius 3 is 3.04 bits per heavy atom. The standard InChI is InChI=1S/C17H18N6O/c1-12-4-7-21-23(12)10-15(24)22-8-5-14-16(20-11-19-14)17(22)13-3-2-6-18-9-13/h2-4,6-7,9,11,17H,5,8,10H2,1H3,(H,19,20). The largest absolute Gasteiger partial charge is 0.348 e. The van der Waals surface area contributed by atoms with E-state index in [0.717, 1.165) is 29.1 Å². The summed E-state index contributed by atoms with van der Waals surface area (Å²) in [5.41, 5.74) is 3.93. The smallest absolute Gasteiger partial charge is 0.245 e. The monoisotopic (exact) mass is 322 g/mol. The van der Waals surface area contributed by atoms with Crippen molar-refractivity contribution in [2.24, 2.45) is 0 Å². The highest BCUT2D eigenvalue weighted by Crippen LogP contribution is 2.33. The summed E-state index contributed by atoms with van der Waals surface area (Å²) in [6.45, 7) is 2.82. The van der Waals surface area contributed by atoms with Crippen LogP contribution in [0.4, 0.5) is 0 Å². The van der Waals surface area contributed by atoms with Crippen LogP contribution < -0.4 is 0 Å². The van der Waals surface area contributed by atoms with Crippen molar-refractivity contribution in [3.63, 3.8) is 0 Å². The average Bonchev–Trinajstić information content (AvgIpc) is 3.24. The molecule has 1 aliphatic heterocycles. The third-order valence-electron chi connectivity index (χ3n) is 4.46. The van der Waals surface area contributed by atoms with Gasteiger partial charge in [-0.05, 0) is 24.6 Å². The van der Waals surface area contributed by atoms with Crippen molar-refractivity contribution >= 4 is 5.91 Å². The normalized spacial score (nSPS) is 16.9. The zero-order chi connectivity index (χ0) is 16.5. The summed E-state index contributed by atoms with van der Waals surface area (Å²) in [6.07, 6.45) is 7.71. The third-order valence-corrected chi connectivity index (χ3v) is 4.46. The van der Waals surface area contributed by atoms with Gasteiger partial charge in [-0.2, -0.15) is 5.10 Å². The molecule has 7 nitrogen and oxygen atoms in total. The molecule has 0 bridgehead atoms. The van der Waals surface area contributed by atoms with Crippen LogP contribution in [0.25, 0.3) is 0 Å². The van der Waals surface area contributed by atoms with E-state index in [1.165, 1.54) is 0 Å². The number of carbonyl (C=O) groups excluding carboxylic acids is 1. The molecule has 1 N–H and O–H groups in total. The second-order valence-corrected chi connectivity index (χ2v) is 5.92. The Labute approximate surface area is 139 Å². The Morgan fingerprint density at radius 1 is 1.38 bits per heavy atom. The number of aromatic nitrogens is 5. The minimum Gasteiger partial charge on any atom is -0.348 e. The van der Waals surface area contributed by atoms with Gasteiger partial charge in [-0.25, -0.2) is 4.98 Å². The van der Waals surface area contributed by atoms with E-state index < -0.39 is 0 Å². The summed E-state index contributed by atoms with van der Waals surface area (Å²) in [7, 11) is 0. The molecular formula is C17H18N6O. The summed E-state index contributed by atoms with van der Waals surface area (Å²) < 4.78 is 1.72. The molecule has 0 fully saturated rings. The van der Waals surface area contributed by atoms with Gasteiger partial charge < -0.3 is 9.88 Å². The zero-order valence-corrected chi connectivity index (χ0v) is 13.4. The number of amides is 1. The van der Waals surface area contributed by atoms with Crippen LogP contribution in [0.5, 0.6) is 0 Å². The van der Waals surface area contributed by atoms with Gasteiger partial charge in [0.05, 0.1) is 12.0 Å². The number of imidazole rings is 1. The van der Waals surface area contributed by atoms with Crippen LogP contribution >= 0.6 is 0 Å². The van der Waals surface area contributed by atoms with Gasteiger partial charge in [0.2, 0.25) is 5.91 Å². The molecule has 0 radical (unpaired) electrons. The first-order chi connectivity index (χ1) is 11.7. The highest BCUT2D eigenvalue weighted by Gasteiger charge is 2.34. The van der Waals surface area contributed by atoms with Gasteiger partial charge in [-0.15, -0.1) is 0 Å². The topological polar surface area (TPSA) is 79.7 Å². The molecule has 1 aliphatic rings. The lowest BCUT2D eigenvalue weighted by Crippen LogP contribution is -2.42. The Balaban J connectivity index is 1.69. The molecule has 0 saturated heterocycles. The highest BCUT2D eigenvalue weighted by molar-refractivity contribution is 5.77. The van der Waals surface area contributed by atoms with Crippen molar-refractivity contribution in [1.29, 1.82) is 0 Å². The van der Waals surface area contributed by atoms with Crippen LogP contribution in [-0.2, 0) is 17.8 Å². The SMILES string of the molecule is Cc1ccnn1CC(=O)N1CCc2[nH]cnc2C1c1cccnc1. The van der Waals surface area contributed by atoms with E-state index in [2.05, 4.69) is 20.1 Å². The van der Waals surface area contributed by atoms with Crippen molar-refractivity contribution in [3.8, 4) is 0 Å². The second-order valence-electron chi connectivity index (χ2n) is 5.92. The van der Waals surface area contributed by atoms with Crippen molar-refractivity contribution < 1.29 is 4.79 Å². The van der Waals surface area contributed by atoms with Crippen LogP contribution in [0, 0.1) is 6.92 Å². The first-order valence-electron chi connectivity index (χ1n) is 7.94. The molecule has 24 heavy (non-hydrogen) atoms. The number of rotatable bonds is 3. The first-order valence-corrected chi connectivity index (χ1v) is 7.94. The third kappa shape index (κ3) is 2.47. The molecule has 1 amide bonds. The fourth-order valence-electron chi connectivity index (χ4n) is 3.20. The lowest BCUT2D eigenvalue weighted by Gasteiger charge is -2.35. The molecule has 122 valence electrons. The van der Waals surface area contributed by atoms with Crippen molar-refractivity contribution in [1.82, 2.24) is 29.6 Å². The van der Waals surface area contributed by atoms with Gasteiger partial charge in [-0.3, -0.25) is 14.5 Å². The summed E-state index contributed by atoms with van der Waals surface area (Å²) in [5.74, 6) is 0.0318. The molecule has 1 atom stereocenters. The summed E-state index contributed by atoms with van der Waals surface area (Å²) >= 11 is 0. The number of carbonyl (C=O) groups is 1. The number of nitrogens with zero attached hydrogens (tertiary/aromatic N) is 5. The predicted octanol–water partition coefficient (Wildman–Crippen LogP) is 1.48. The van der Waals surface area contributed by atoms with Gasteiger partial charge in [0.15, 0.2) is 0 Å². The van der Waals surface area contributed by atoms with E-state index in [-0.39, 0.29) is 18.5 Å². The molecule has 3 aromatic rings. The van der Waals surface area contributed by atoms with Gasteiger partial charge >= 0.3 is 0 Å². The zero-order valence-electron chi connectivity index (χ0n) is 13.4. The lowest BCUT2D eigenvalue weighted by molar-refractivity contribution is -0.134. The molecule has 0 spiro atoms. The van der Waals surface area contributed by atoms with Crippen LogP contribution in [0.3, 0.4) is 0 Å². The lowest BCUT2D eigenvalue weighted by atomic mass is 9.97. The van der Waals surface area contributed by atoms with Crippen LogP contribution in [-0.4, -0.2) is 42.1 Å². The van der Waals surface area contributed by atoms with E-state index in [9.17, 15) is 4.79 Å². The van der Waals surface area contributed by atoms with Crippen molar-refractivity contribution in [3.05, 3.63) is 65.8 Å². The maximum Gasteiger partial charge on any atom is 0.245 e. The van der Waals surface area contributed by atoms with E-state index in [4.69, 9.17) is 0 Å². The molecule has 0 aliphatic carbocycles. The van der Waals surface area contributed by atoms with Gasteiger partial charge in [-0.1, -0.05) is 6.07 Å². The maximum atomic E-state index is 12.9. The molecule has 1 unspecified atom stereocenters. The van der Waals surface area contributed by atoms with Gasteiger partial charge in [0.1, 0.15) is 12.6 Å². The summed E-state index contributed by atoms with van der Waals surface area (Å²) in [5, 5.41) is 4.22. The molecule has 7 heteroatoms. The summed E-state index contributed by atoms with van der Waals surface area (Å²) in [6, 6.07) is 5.56. The Hall–Kier alpha value is -2.96. The van der Waals surface area contributed by atoms with Crippen molar-refractivity contribution in [2.75, 3.05) is 6.54 Å². The van der Waals surface area contributed by atoms with E-state index in [1.807, 2.05) is 30.0 Å². The first kappa shape index (κ1) is 14.6. The molecule has 4 heterocycles. The maximum absolute atomic E-state index is 12.9. The number of pyridine rings is 1. The number of fused-ring (bicyclic) bond motifs is 1. The number of H-pyrrole nitrogens is 1. The molecule has 0 saturated carbocycles. The number of hydrogen-bond donors (Lipinski definition) is 1. The average molecular weight is 322 g/mol. The molecule has 3 aromatic heterocycles. The Kier molecular flexibility index (Phi) is 3.60. The number of hydrogen-bond acceptors (Lipinski definition) is 4. The van der Waals surface area contributed by atoms with Crippen LogP contribution in [0.15, 0.2) is 43.1 Å². The van der Waals surface area contributed by atoms with Gasteiger partial charge in [0.25, 0.3) is 0 Å².